The van der Waals surface area contributed by atoms with Crippen LogP contribution < -0.4 is 14.2 Å². The van der Waals surface area contributed by atoms with Gasteiger partial charge in [-0.2, -0.15) is 0 Å². The third-order valence-corrected chi connectivity index (χ3v) is 14.8. The lowest BCUT2D eigenvalue weighted by molar-refractivity contribution is -0.0861. The lowest BCUT2D eigenvalue weighted by Crippen LogP contribution is -2.53. The molecule has 3 atom stereocenters. The van der Waals surface area contributed by atoms with Crippen molar-refractivity contribution < 1.29 is 94.7 Å². The number of rotatable bonds is 12. The molecule has 0 aliphatic carbocycles. The van der Waals surface area contributed by atoms with Crippen LogP contribution in [-0.2, 0) is 12.8 Å². The van der Waals surface area contributed by atoms with Crippen LogP contribution in [0.3, 0.4) is 0 Å². The number of fused-ring (bicyclic) bond motifs is 4. The summed E-state index contributed by atoms with van der Waals surface area (Å²) in [7, 11) is 0. The van der Waals surface area contributed by atoms with Crippen LogP contribution in [0.2, 0.25) is 0 Å². The maximum absolute atomic E-state index is 14.8. The van der Waals surface area contributed by atoms with Crippen LogP contribution in [0.15, 0.2) is 60.7 Å². The van der Waals surface area contributed by atoms with Gasteiger partial charge in [-0.3, -0.25) is 19.2 Å². The second kappa shape index (κ2) is 18.9. The van der Waals surface area contributed by atoms with E-state index >= 15 is 0 Å². The number of benzene rings is 6. The second-order valence-corrected chi connectivity index (χ2v) is 20.8. The van der Waals surface area contributed by atoms with Gasteiger partial charge in [0, 0.05) is 58.1 Å². The van der Waals surface area contributed by atoms with Crippen LogP contribution in [0.1, 0.15) is 151 Å². The normalized spacial score (nSPS) is 17.6. The highest BCUT2D eigenvalue weighted by molar-refractivity contribution is 6.13. The highest BCUT2D eigenvalue weighted by Crippen LogP contribution is 2.67. The molecule has 0 unspecified atom stereocenters. The number of phenols is 12. The lowest BCUT2D eigenvalue weighted by Gasteiger charge is -2.54. The quantitative estimate of drug-likeness (QED) is 0.0235. The molecule has 3 aliphatic rings. The van der Waals surface area contributed by atoms with Crippen molar-refractivity contribution in [3.8, 4) is 86.2 Å². The number of allylic oxidation sites excluding steroid dienone is 2. The zero-order valence-electron chi connectivity index (χ0n) is 43.0. The molecule has 0 aromatic heterocycles. The van der Waals surface area contributed by atoms with Gasteiger partial charge in [-0.15, -0.1) is 0 Å². The molecule has 404 valence electrons. The Bertz CT molecular complexity index is 3660. The van der Waals surface area contributed by atoms with Crippen molar-refractivity contribution in [2.75, 3.05) is 0 Å². The van der Waals surface area contributed by atoms with Crippen molar-refractivity contribution in [3.63, 3.8) is 0 Å². The summed E-state index contributed by atoms with van der Waals surface area (Å²) < 4.78 is 20.4. The molecule has 0 spiro atoms. The molecule has 0 saturated heterocycles. The Morgan fingerprint density at radius 2 is 0.936 bits per heavy atom. The van der Waals surface area contributed by atoms with Crippen LogP contribution in [0, 0.1) is 12.8 Å². The molecular weight excluding hydrogens is 1010 g/mol. The van der Waals surface area contributed by atoms with Gasteiger partial charge in [0.1, 0.15) is 109 Å². The van der Waals surface area contributed by atoms with Crippen LogP contribution in [0.25, 0.3) is 12.2 Å². The molecule has 0 radical (unpaired) electrons. The van der Waals surface area contributed by atoms with Gasteiger partial charge in [-0.05, 0) is 102 Å². The molecule has 0 saturated carbocycles. The molecule has 0 fully saturated rings. The average Bonchev–Trinajstić information content (AvgIpc) is 3.53. The summed E-state index contributed by atoms with van der Waals surface area (Å²) in [5, 5.41) is 136. The summed E-state index contributed by atoms with van der Waals surface area (Å²) >= 11 is 0. The number of aromatic hydroxyl groups is 12. The van der Waals surface area contributed by atoms with Gasteiger partial charge in [0.15, 0.2) is 34.6 Å². The minimum absolute atomic E-state index is 0.0438. The monoisotopic (exact) mass is 1070 g/mol. The molecule has 19 nitrogen and oxygen atoms in total. The van der Waals surface area contributed by atoms with Crippen molar-refractivity contribution >= 4 is 35.3 Å². The van der Waals surface area contributed by atoms with E-state index in [1.165, 1.54) is 67.6 Å². The molecule has 3 aliphatic heterocycles. The van der Waals surface area contributed by atoms with Gasteiger partial charge in [-0.1, -0.05) is 36.4 Å². The first-order valence-electron chi connectivity index (χ1n) is 24.4. The van der Waals surface area contributed by atoms with Crippen molar-refractivity contribution in [1.82, 2.24) is 0 Å². The maximum atomic E-state index is 14.8. The van der Waals surface area contributed by atoms with E-state index in [2.05, 4.69) is 0 Å². The SMILES string of the molecule is CC(=O)c1c(O)c(C)c(O)c(Cc2c(O)c(C(=O)/C=C/c3ccc(O)cc3)c3c(c2O)[C@@H]2Oc4c(Cc5c(O)c(O)c(O)c(C(C)=O)c5O)c(O)c(C(=O)/C=C/c5ccc(O)cc5)c5c4[C@H](CC(C)(C)O5)[C@H]2C(C)(C)O3)c1O. The Balaban J connectivity index is 1.35. The largest absolute Gasteiger partial charge is 0.508 e. The fraction of sp³-hybridized carbons (Fsp3) is 0.254. The number of ketones is 4. The van der Waals surface area contributed by atoms with Gasteiger partial charge in [-0.25, -0.2) is 0 Å². The van der Waals surface area contributed by atoms with Crippen molar-refractivity contribution in [2.24, 2.45) is 5.92 Å². The Morgan fingerprint density at radius 3 is 1.45 bits per heavy atom. The van der Waals surface area contributed by atoms with E-state index in [9.17, 15) is 80.5 Å². The Morgan fingerprint density at radius 1 is 0.500 bits per heavy atom. The number of Topliss-reactive ketones (excluding diaryl/α,β-unsaturated/α-hetero) is 2. The van der Waals surface area contributed by atoms with Gasteiger partial charge in [0.05, 0.1) is 5.56 Å². The average molecular weight is 1070 g/mol. The molecule has 0 bridgehead atoms. The first kappa shape index (κ1) is 53.3. The van der Waals surface area contributed by atoms with E-state index < -0.39 is 167 Å². The Hall–Kier alpha value is -9.52. The molecule has 19 heteroatoms. The highest BCUT2D eigenvalue weighted by Gasteiger charge is 2.59. The molecule has 78 heavy (non-hydrogen) atoms. The predicted octanol–water partition coefficient (Wildman–Crippen LogP) is 9.41. The highest BCUT2D eigenvalue weighted by atomic mass is 16.5. The fourth-order valence-corrected chi connectivity index (χ4v) is 11.1. The molecule has 6 aromatic rings. The minimum atomic E-state index is -1.51. The number of hydrogen-bond donors (Lipinski definition) is 12. The van der Waals surface area contributed by atoms with Gasteiger partial charge >= 0.3 is 0 Å². The van der Waals surface area contributed by atoms with E-state index in [0.29, 0.717) is 11.1 Å². The molecule has 9 rings (SSSR count). The van der Waals surface area contributed by atoms with Crippen molar-refractivity contribution in [2.45, 2.75) is 91.0 Å². The molecule has 3 heterocycles. The molecule has 12 N–H and O–H groups in total. The third-order valence-electron chi connectivity index (χ3n) is 14.8. The second-order valence-electron chi connectivity index (χ2n) is 20.8. The minimum Gasteiger partial charge on any atom is -0.508 e. The topological polar surface area (TPSA) is 339 Å². The number of carbonyl (C=O) groups excluding carboxylic acids is 4. The van der Waals surface area contributed by atoms with Crippen LogP contribution >= 0.6 is 0 Å². The van der Waals surface area contributed by atoms with E-state index in [4.69, 9.17) is 14.2 Å². The van der Waals surface area contributed by atoms with E-state index in [-0.39, 0.29) is 51.7 Å². The first-order chi connectivity index (χ1) is 36.6. The number of phenolic OH excluding ortho intramolecular Hbond substituents is 12. The molecule has 6 aromatic carbocycles. The zero-order valence-corrected chi connectivity index (χ0v) is 43.0. The fourth-order valence-electron chi connectivity index (χ4n) is 11.1. The number of ether oxygens (including phenoxy) is 3. The van der Waals surface area contributed by atoms with Gasteiger partial charge in [0.2, 0.25) is 5.75 Å². The summed E-state index contributed by atoms with van der Waals surface area (Å²) in [6.07, 6.45) is 1.90. The van der Waals surface area contributed by atoms with Crippen molar-refractivity contribution in [1.29, 1.82) is 0 Å². The van der Waals surface area contributed by atoms with Gasteiger partial charge < -0.3 is 75.5 Å². The van der Waals surface area contributed by atoms with E-state index in [1.54, 1.807) is 27.7 Å². The Kier molecular flexibility index (Phi) is 12.9. The van der Waals surface area contributed by atoms with Crippen LogP contribution in [-0.4, -0.2) is 95.6 Å². The first-order valence-corrected chi connectivity index (χ1v) is 24.4. The maximum Gasteiger partial charge on any atom is 0.201 e. The third kappa shape index (κ3) is 8.65. The molecule has 0 amide bonds. The Labute approximate surface area is 444 Å². The lowest BCUT2D eigenvalue weighted by atomic mass is 9.63. The smallest absolute Gasteiger partial charge is 0.201 e. The summed E-state index contributed by atoms with van der Waals surface area (Å²) in [5.74, 6) is -15.7. The predicted molar refractivity (Wildman–Crippen MR) is 279 cm³/mol. The van der Waals surface area contributed by atoms with E-state index in [0.717, 1.165) is 26.0 Å². The summed E-state index contributed by atoms with van der Waals surface area (Å²) in [6.45, 7) is 10.0. The van der Waals surface area contributed by atoms with Gasteiger partial charge in [0.25, 0.3) is 0 Å². The van der Waals surface area contributed by atoms with Crippen molar-refractivity contribution in [3.05, 3.63) is 133 Å². The van der Waals surface area contributed by atoms with E-state index in [1.807, 2.05) is 0 Å². The van der Waals surface area contributed by atoms with Crippen LogP contribution in [0.5, 0.6) is 86.2 Å². The number of carbonyl (C=O) groups is 4. The standard InChI is InChI=1S/C59H54O19/c1-23-44(66)30(46(68)37(24(2)60)45(23)67)20-31-48(70)40(35(64)18-12-26-8-14-28(62)15-9-26)56-42(49(31)71)57-43(59(6,7)78-56)34-22-58(4,5)77-55-39(34)54(76-57)33(21-32-47(69)38(25(3)61)52(74)53(75)51(32)73)50(72)41(55)36(65)19-13-27-10-16-29(63)17-11-27/h8-19,34,43,57,62-63,66-75H,20-22H2,1-7H3/b18-12+,19-13+/t34-,43+,57-/m0/s1. The summed E-state index contributed by atoms with van der Waals surface area (Å²) in [5.41, 5.74) is -6.49. The molecular formula is C59H54O19. The number of hydrogen-bond acceptors (Lipinski definition) is 19. The van der Waals surface area contributed by atoms with Crippen LogP contribution in [0.4, 0.5) is 0 Å². The summed E-state index contributed by atoms with van der Waals surface area (Å²) in [4.78, 5) is 55.1. The summed E-state index contributed by atoms with van der Waals surface area (Å²) in [6, 6.07) is 11.6. The zero-order chi connectivity index (χ0) is 56.9.